The highest BCUT2D eigenvalue weighted by Gasteiger charge is 2.06. The van der Waals surface area contributed by atoms with Crippen LogP contribution in [0.5, 0.6) is 0 Å². The minimum atomic E-state index is 0.573. The van der Waals surface area contributed by atoms with Crippen LogP contribution in [0.15, 0.2) is 43.0 Å². The molecule has 1 aromatic carbocycles. The SMILES string of the molecule is C=CCC(CBr)c1ccccc1. The predicted molar refractivity (Wildman–Crippen MR) is 57.8 cm³/mol. The van der Waals surface area contributed by atoms with Gasteiger partial charge in [-0.15, -0.1) is 6.58 Å². The molecule has 0 aliphatic carbocycles. The van der Waals surface area contributed by atoms with E-state index in [-0.39, 0.29) is 0 Å². The molecule has 0 aromatic heterocycles. The number of halogens is 1. The number of rotatable bonds is 4. The van der Waals surface area contributed by atoms with E-state index in [2.05, 4.69) is 46.8 Å². The first-order valence-electron chi connectivity index (χ1n) is 4.10. The number of hydrogen-bond acceptors (Lipinski definition) is 0. The minimum absolute atomic E-state index is 0.573. The number of hydrogen-bond donors (Lipinski definition) is 0. The number of alkyl halides is 1. The molecule has 64 valence electrons. The van der Waals surface area contributed by atoms with Gasteiger partial charge in [0.25, 0.3) is 0 Å². The summed E-state index contributed by atoms with van der Waals surface area (Å²) in [4.78, 5) is 0. The van der Waals surface area contributed by atoms with Gasteiger partial charge in [0.15, 0.2) is 0 Å². The van der Waals surface area contributed by atoms with Crippen molar-refractivity contribution in [2.75, 3.05) is 5.33 Å². The molecule has 0 bridgehead atoms. The van der Waals surface area contributed by atoms with Crippen molar-refractivity contribution in [3.63, 3.8) is 0 Å². The Labute approximate surface area is 82.4 Å². The maximum Gasteiger partial charge on any atom is 0.0103 e. The Balaban J connectivity index is 2.72. The molecule has 0 spiro atoms. The van der Waals surface area contributed by atoms with Gasteiger partial charge in [-0.3, -0.25) is 0 Å². The molecule has 0 fully saturated rings. The highest BCUT2D eigenvalue weighted by Crippen LogP contribution is 2.21. The second-order valence-corrected chi connectivity index (χ2v) is 3.43. The Morgan fingerprint density at radius 2 is 2.00 bits per heavy atom. The smallest absolute Gasteiger partial charge is 0.0103 e. The lowest BCUT2D eigenvalue weighted by molar-refractivity contribution is 0.799. The van der Waals surface area contributed by atoms with Crippen molar-refractivity contribution in [2.45, 2.75) is 12.3 Å². The molecule has 0 aliphatic rings. The summed E-state index contributed by atoms with van der Waals surface area (Å²) in [6.07, 6.45) is 3.01. The van der Waals surface area contributed by atoms with E-state index in [9.17, 15) is 0 Å². The largest absolute Gasteiger partial charge is 0.103 e. The fraction of sp³-hybridized carbons (Fsp3) is 0.273. The van der Waals surface area contributed by atoms with Crippen LogP contribution in [0.4, 0.5) is 0 Å². The molecule has 1 rings (SSSR count). The molecule has 0 amide bonds. The zero-order valence-electron chi connectivity index (χ0n) is 7.04. The fourth-order valence-electron chi connectivity index (χ4n) is 1.21. The van der Waals surface area contributed by atoms with E-state index in [0.29, 0.717) is 5.92 Å². The molecular formula is C11H13Br. The molecule has 1 atom stereocenters. The zero-order valence-corrected chi connectivity index (χ0v) is 8.63. The van der Waals surface area contributed by atoms with E-state index >= 15 is 0 Å². The van der Waals surface area contributed by atoms with E-state index in [4.69, 9.17) is 0 Å². The molecule has 0 saturated carbocycles. The average Bonchev–Trinajstić information content (AvgIpc) is 2.15. The van der Waals surface area contributed by atoms with Crippen LogP contribution >= 0.6 is 15.9 Å². The van der Waals surface area contributed by atoms with Gasteiger partial charge in [-0.25, -0.2) is 0 Å². The lowest BCUT2D eigenvalue weighted by Crippen LogP contribution is -1.97. The predicted octanol–water partition coefficient (Wildman–Crippen LogP) is 3.74. The summed E-state index contributed by atoms with van der Waals surface area (Å²) in [7, 11) is 0. The van der Waals surface area contributed by atoms with Crippen molar-refractivity contribution in [2.24, 2.45) is 0 Å². The van der Waals surface area contributed by atoms with E-state index in [1.807, 2.05) is 12.1 Å². The topological polar surface area (TPSA) is 0 Å². The van der Waals surface area contributed by atoms with Crippen LogP contribution in [-0.2, 0) is 0 Å². The summed E-state index contributed by atoms with van der Waals surface area (Å²) in [6.45, 7) is 3.75. The van der Waals surface area contributed by atoms with Gasteiger partial charge in [0.2, 0.25) is 0 Å². The van der Waals surface area contributed by atoms with Gasteiger partial charge in [0, 0.05) is 5.33 Å². The Hall–Kier alpha value is -0.560. The normalized spacial score (nSPS) is 12.4. The van der Waals surface area contributed by atoms with Crippen LogP contribution < -0.4 is 0 Å². The van der Waals surface area contributed by atoms with Crippen molar-refractivity contribution in [1.29, 1.82) is 0 Å². The lowest BCUT2D eigenvalue weighted by Gasteiger charge is -2.11. The van der Waals surface area contributed by atoms with Crippen molar-refractivity contribution in [3.8, 4) is 0 Å². The van der Waals surface area contributed by atoms with Gasteiger partial charge in [-0.05, 0) is 17.9 Å². The molecule has 0 radical (unpaired) electrons. The maximum absolute atomic E-state index is 3.75. The average molecular weight is 225 g/mol. The van der Waals surface area contributed by atoms with Crippen LogP contribution in [0.1, 0.15) is 17.9 Å². The van der Waals surface area contributed by atoms with Gasteiger partial charge in [0.05, 0.1) is 0 Å². The first-order valence-corrected chi connectivity index (χ1v) is 5.22. The molecule has 1 heteroatoms. The summed E-state index contributed by atoms with van der Waals surface area (Å²) < 4.78 is 0. The molecule has 0 nitrogen and oxygen atoms in total. The second kappa shape index (κ2) is 5.15. The standard InChI is InChI=1S/C11H13Br/c1-2-6-11(9-12)10-7-4-3-5-8-10/h2-5,7-8,11H,1,6,9H2. The third-order valence-electron chi connectivity index (χ3n) is 1.91. The first-order chi connectivity index (χ1) is 5.88. The van der Waals surface area contributed by atoms with Gasteiger partial charge in [-0.2, -0.15) is 0 Å². The van der Waals surface area contributed by atoms with Crippen LogP contribution in [0.2, 0.25) is 0 Å². The molecule has 0 N–H and O–H groups in total. The zero-order chi connectivity index (χ0) is 8.81. The van der Waals surface area contributed by atoms with Crippen molar-refractivity contribution < 1.29 is 0 Å². The Morgan fingerprint density at radius 1 is 1.33 bits per heavy atom. The second-order valence-electron chi connectivity index (χ2n) is 2.79. The lowest BCUT2D eigenvalue weighted by atomic mass is 9.98. The van der Waals surface area contributed by atoms with Gasteiger partial charge >= 0.3 is 0 Å². The molecule has 1 unspecified atom stereocenters. The Morgan fingerprint density at radius 3 is 2.50 bits per heavy atom. The van der Waals surface area contributed by atoms with Crippen molar-refractivity contribution in [1.82, 2.24) is 0 Å². The molecule has 0 aliphatic heterocycles. The summed E-state index contributed by atoms with van der Waals surface area (Å²) in [5.41, 5.74) is 1.38. The van der Waals surface area contributed by atoms with Crippen LogP contribution in [-0.4, -0.2) is 5.33 Å². The third kappa shape index (κ3) is 2.49. The van der Waals surface area contributed by atoms with Crippen molar-refractivity contribution in [3.05, 3.63) is 48.6 Å². The van der Waals surface area contributed by atoms with E-state index in [0.717, 1.165) is 11.8 Å². The van der Waals surface area contributed by atoms with Crippen LogP contribution in [0.3, 0.4) is 0 Å². The molecule has 1 aromatic rings. The molecule has 0 heterocycles. The number of benzene rings is 1. The Kier molecular flexibility index (Phi) is 4.09. The Bertz CT molecular complexity index is 228. The van der Waals surface area contributed by atoms with E-state index < -0.39 is 0 Å². The number of allylic oxidation sites excluding steroid dienone is 1. The van der Waals surface area contributed by atoms with Crippen LogP contribution in [0, 0.1) is 0 Å². The fourth-order valence-corrected chi connectivity index (χ4v) is 1.85. The highest BCUT2D eigenvalue weighted by molar-refractivity contribution is 9.09. The van der Waals surface area contributed by atoms with E-state index in [1.165, 1.54) is 5.56 Å². The summed E-state index contributed by atoms with van der Waals surface area (Å²) >= 11 is 3.51. The van der Waals surface area contributed by atoms with Gasteiger partial charge in [-0.1, -0.05) is 52.3 Å². The van der Waals surface area contributed by atoms with Gasteiger partial charge in [0.1, 0.15) is 0 Å². The molecular weight excluding hydrogens is 212 g/mol. The highest BCUT2D eigenvalue weighted by atomic mass is 79.9. The third-order valence-corrected chi connectivity index (χ3v) is 2.69. The summed E-state index contributed by atoms with van der Waals surface area (Å²) in [6, 6.07) is 10.5. The summed E-state index contributed by atoms with van der Waals surface area (Å²) in [5, 5.41) is 1.00. The van der Waals surface area contributed by atoms with Gasteiger partial charge < -0.3 is 0 Å². The monoisotopic (exact) mass is 224 g/mol. The first kappa shape index (κ1) is 9.53. The van der Waals surface area contributed by atoms with E-state index in [1.54, 1.807) is 0 Å². The van der Waals surface area contributed by atoms with Crippen LogP contribution in [0.25, 0.3) is 0 Å². The quantitative estimate of drug-likeness (QED) is 0.540. The molecule has 12 heavy (non-hydrogen) atoms. The maximum atomic E-state index is 3.75. The van der Waals surface area contributed by atoms with Crippen molar-refractivity contribution >= 4 is 15.9 Å². The minimum Gasteiger partial charge on any atom is -0.103 e. The summed E-state index contributed by atoms with van der Waals surface area (Å²) in [5.74, 6) is 0.573. The molecule has 0 saturated heterocycles.